The van der Waals surface area contributed by atoms with E-state index in [1.807, 2.05) is 0 Å². The van der Waals surface area contributed by atoms with E-state index in [0.717, 1.165) is 0 Å². The van der Waals surface area contributed by atoms with Crippen molar-refractivity contribution in [3.8, 4) is 0 Å². The third-order valence-electron chi connectivity index (χ3n) is 3.45. The normalized spacial score (nSPS) is 28.4. The van der Waals surface area contributed by atoms with Gasteiger partial charge in [-0.1, -0.05) is 37.3 Å². The van der Waals surface area contributed by atoms with E-state index in [1.54, 1.807) is 37.3 Å². The van der Waals surface area contributed by atoms with Gasteiger partial charge in [0.15, 0.2) is 0 Å². The molecule has 2 rings (SSSR count). The second-order valence-corrected chi connectivity index (χ2v) is 4.29. The highest BCUT2D eigenvalue weighted by Gasteiger charge is 2.78. The number of carboxylic acid groups (broad SMARTS) is 1. The first-order valence-electron chi connectivity index (χ1n) is 5.08. The molecule has 0 bridgehead atoms. The predicted octanol–water partition coefficient (Wildman–Crippen LogP) is 2.90. The number of rotatable bonds is 3. The first-order chi connectivity index (χ1) is 7.42. The predicted molar refractivity (Wildman–Crippen MR) is 54.5 cm³/mol. The molecule has 1 N–H and O–H groups in total. The fourth-order valence-corrected chi connectivity index (χ4v) is 2.22. The highest BCUT2D eigenvalue weighted by molar-refractivity contribution is 5.82. The zero-order valence-electron chi connectivity index (χ0n) is 8.78. The van der Waals surface area contributed by atoms with Gasteiger partial charge in [-0.2, -0.15) is 0 Å². The molecular weight excluding hydrogens is 214 g/mol. The number of hydrogen-bond acceptors (Lipinski definition) is 1. The summed E-state index contributed by atoms with van der Waals surface area (Å²) in [6.07, 6.45) is -0.564. The van der Waals surface area contributed by atoms with Crippen LogP contribution in [0.15, 0.2) is 30.3 Å². The molecule has 2 nitrogen and oxygen atoms in total. The van der Waals surface area contributed by atoms with Crippen molar-refractivity contribution >= 4 is 5.97 Å². The van der Waals surface area contributed by atoms with Gasteiger partial charge < -0.3 is 5.11 Å². The number of aliphatic carboxylic acids is 1. The Morgan fingerprint density at radius 1 is 1.38 bits per heavy atom. The van der Waals surface area contributed by atoms with Gasteiger partial charge in [0.25, 0.3) is 5.92 Å². The Bertz CT molecular complexity index is 416. The maximum atomic E-state index is 13.3. The van der Waals surface area contributed by atoms with Gasteiger partial charge in [0, 0.05) is 12.3 Å². The van der Waals surface area contributed by atoms with Gasteiger partial charge in [-0.05, 0) is 5.56 Å². The molecule has 0 saturated heterocycles. The van der Waals surface area contributed by atoms with Crippen molar-refractivity contribution < 1.29 is 18.7 Å². The quantitative estimate of drug-likeness (QED) is 0.860. The minimum Gasteiger partial charge on any atom is -0.481 e. The van der Waals surface area contributed by atoms with Gasteiger partial charge >= 0.3 is 5.97 Å². The maximum absolute atomic E-state index is 13.3. The van der Waals surface area contributed by atoms with Crippen LogP contribution in [0.25, 0.3) is 0 Å². The molecule has 4 heteroatoms. The van der Waals surface area contributed by atoms with Gasteiger partial charge in [-0.25, -0.2) is 8.78 Å². The Morgan fingerprint density at radius 3 is 2.25 bits per heavy atom. The van der Waals surface area contributed by atoms with Crippen molar-refractivity contribution in [2.45, 2.75) is 25.2 Å². The lowest BCUT2D eigenvalue weighted by Gasteiger charge is -2.20. The third kappa shape index (κ3) is 1.32. The Hall–Kier alpha value is -1.45. The Balaban J connectivity index is 2.35. The summed E-state index contributed by atoms with van der Waals surface area (Å²) in [6.45, 7) is 1.55. The monoisotopic (exact) mass is 226 g/mol. The molecule has 0 radical (unpaired) electrons. The number of halogens is 2. The average molecular weight is 226 g/mol. The minimum atomic E-state index is -3.09. The summed E-state index contributed by atoms with van der Waals surface area (Å²) in [5.74, 6) is -5.18. The highest BCUT2D eigenvalue weighted by atomic mass is 19.3. The topological polar surface area (TPSA) is 37.3 Å². The third-order valence-corrected chi connectivity index (χ3v) is 3.45. The molecule has 0 aromatic heterocycles. The molecule has 0 heterocycles. The molecule has 0 aliphatic heterocycles. The van der Waals surface area contributed by atoms with Crippen molar-refractivity contribution in [3.63, 3.8) is 0 Å². The van der Waals surface area contributed by atoms with Crippen LogP contribution in [0, 0.1) is 5.41 Å². The van der Waals surface area contributed by atoms with Crippen molar-refractivity contribution in [2.75, 3.05) is 0 Å². The number of carboxylic acids is 1. The zero-order valence-corrected chi connectivity index (χ0v) is 8.78. The molecule has 16 heavy (non-hydrogen) atoms. The first kappa shape index (κ1) is 11.0. The Morgan fingerprint density at radius 2 is 1.88 bits per heavy atom. The van der Waals surface area contributed by atoms with Crippen LogP contribution in [0.2, 0.25) is 0 Å². The van der Waals surface area contributed by atoms with E-state index < -0.39 is 29.6 Å². The summed E-state index contributed by atoms with van der Waals surface area (Å²) in [7, 11) is 0. The highest BCUT2D eigenvalue weighted by Crippen LogP contribution is 2.67. The minimum absolute atomic E-state index is 0.564. The lowest BCUT2D eigenvalue weighted by atomic mass is 9.84. The fourth-order valence-electron chi connectivity index (χ4n) is 2.22. The first-order valence-corrected chi connectivity index (χ1v) is 5.08. The molecule has 1 aromatic carbocycles. The molecule has 0 unspecified atom stereocenters. The Labute approximate surface area is 91.9 Å². The molecule has 0 amide bonds. The van der Waals surface area contributed by atoms with Gasteiger partial charge in [-0.3, -0.25) is 4.79 Å². The van der Waals surface area contributed by atoms with E-state index in [0.29, 0.717) is 5.56 Å². The van der Waals surface area contributed by atoms with Crippen LogP contribution in [0.1, 0.15) is 24.8 Å². The molecular formula is C12H12F2O2. The number of alkyl halides is 2. The summed E-state index contributed by atoms with van der Waals surface area (Å²) in [4.78, 5) is 11.0. The van der Waals surface area contributed by atoms with Crippen LogP contribution in [-0.2, 0) is 4.79 Å². The molecule has 1 aliphatic rings. The lowest BCUT2D eigenvalue weighted by Crippen LogP contribution is -2.28. The van der Waals surface area contributed by atoms with Crippen molar-refractivity contribution in [1.29, 1.82) is 0 Å². The van der Waals surface area contributed by atoms with Crippen LogP contribution < -0.4 is 0 Å². The van der Waals surface area contributed by atoms with Gasteiger partial charge in [0.1, 0.15) is 5.41 Å². The Kier molecular flexibility index (Phi) is 2.26. The summed E-state index contributed by atoms with van der Waals surface area (Å²) in [6, 6.07) is 8.59. The zero-order chi connectivity index (χ0) is 12.0. The smallest absolute Gasteiger partial charge is 0.316 e. The fraction of sp³-hybridized carbons (Fsp3) is 0.417. The van der Waals surface area contributed by atoms with Crippen molar-refractivity contribution in [3.05, 3.63) is 35.9 Å². The van der Waals surface area contributed by atoms with Crippen LogP contribution in [-0.4, -0.2) is 17.0 Å². The summed E-state index contributed by atoms with van der Waals surface area (Å²) < 4.78 is 26.5. The summed E-state index contributed by atoms with van der Waals surface area (Å²) in [5, 5.41) is 8.99. The van der Waals surface area contributed by atoms with E-state index in [1.165, 1.54) is 0 Å². The molecule has 1 fully saturated rings. The summed E-state index contributed by atoms with van der Waals surface area (Å²) in [5.41, 5.74) is -1.27. The number of benzene rings is 1. The lowest BCUT2D eigenvalue weighted by molar-refractivity contribution is -0.148. The summed E-state index contributed by atoms with van der Waals surface area (Å²) >= 11 is 0. The molecule has 0 spiro atoms. The van der Waals surface area contributed by atoms with Crippen LogP contribution in [0.5, 0.6) is 0 Å². The second kappa shape index (κ2) is 3.27. The van der Waals surface area contributed by atoms with E-state index in [2.05, 4.69) is 0 Å². The standard InChI is InChI=1S/C12H12F2O2/c1-8(9-5-3-2-4-6-9)11(10(15)16)7-12(11,13)14/h2-6,8H,7H2,1H3,(H,15,16)/t8-,11+/m0/s1. The van der Waals surface area contributed by atoms with Crippen molar-refractivity contribution in [2.24, 2.45) is 5.41 Å². The van der Waals surface area contributed by atoms with E-state index in [4.69, 9.17) is 5.11 Å². The van der Waals surface area contributed by atoms with Gasteiger partial charge in [-0.15, -0.1) is 0 Å². The SMILES string of the molecule is C[C@@H](c1ccccc1)[C@@]1(C(=O)O)CC1(F)F. The average Bonchev–Trinajstić information content (AvgIpc) is 2.84. The molecule has 1 saturated carbocycles. The maximum Gasteiger partial charge on any atom is 0.316 e. The molecule has 1 aromatic rings. The van der Waals surface area contributed by atoms with E-state index in [9.17, 15) is 13.6 Å². The molecule has 2 atom stereocenters. The van der Waals surface area contributed by atoms with Crippen LogP contribution in [0.3, 0.4) is 0 Å². The number of carbonyl (C=O) groups is 1. The second-order valence-electron chi connectivity index (χ2n) is 4.29. The van der Waals surface area contributed by atoms with Crippen LogP contribution >= 0.6 is 0 Å². The molecule has 86 valence electrons. The van der Waals surface area contributed by atoms with Gasteiger partial charge in [0.2, 0.25) is 0 Å². The van der Waals surface area contributed by atoms with E-state index >= 15 is 0 Å². The van der Waals surface area contributed by atoms with E-state index in [-0.39, 0.29) is 0 Å². The largest absolute Gasteiger partial charge is 0.481 e. The number of hydrogen-bond donors (Lipinski definition) is 1. The van der Waals surface area contributed by atoms with Gasteiger partial charge in [0.05, 0.1) is 0 Å². The van der Waals surface area contributed by atoms with Crippen molar-refractivity contribution in [1.82, 2.24) is 0 Å². The van der Waals surface area contributed by atoms with Crippen LogP contribution in [0.4, 0.5) is 8.78 Å². The molecule has 1 aliphatic carbocycles.